The molecule has 0 saturated heterocycles. The summed E-state index contributed by atoms with van der Waals surface area (Å²) in [4.78, 5) is 46.0. The monoisotopic (exact) mass is 420 g/mol. The van der Waals surface area contributed by atoms with Gasteiger partial charge in [0, 0.05) is 22.5 Å². The largest absolute Gasteiger partial charge is 0.462 e. The first-order valence-electron chi connectivity index (χ1n) is 10.4. The number of hydrogen-bond donors (Lipinski definition) is 1. The Kier molecular flexibility index (Phi) is 5.59. The van der Waals surface area contributed by atoms with Crippen molar-refractivity contribution in [2.45, 2.75) is 40.0 Å². The smallest absolute Gasteiger partial charge is 0.340 e. The number of aryl methyl sites for hydroxylation is 3. The lowest BCUT2D eigenvalue weighted by Gasteiger charge is -2.12. The van der Waals surface area contributed by atoms with Gasteiger partial charge in [-0.3, -0.25) is 9.78 Å². The molecule has 1 N–H and O–H groups in total. The maximum atomic E-state index is 13.1. The van der Waals surface area contributed by atoms with Crippen LogP contribution in [0.4, 0.5) is 0 Å². The van der Waals surface area contributed by atoms with Crippen LogP contribution in [-0.2, 0) is 22.3 Å². The van der Waals surface area contributed by atoms with E-state index in [0.29, 0.717) is 17.0 Å². The highest BCUT2D eigenvalue weighted by Crippen LogP contribution is 2.30. The first kappa shape index (κ1) is 20.8. The molecular weight excluding hydrogens is 396 g/mol. The van der Waals surface area contributed by atoms with Crippen LogP contribution in [0.3, 0.4) is 0 Å². The number of benzene rings is 1. The molecule has 3 aromatic rings. The van der Waals surface area contributed by atoms with Crippen molar-refractivity contribution in [1.82, 2.24) is 9.97 Å². The van der Waals surface area contributed by atoms with E-state index >= 15 is 0 Å². The first-order chi connectivity index (χ1) is 14.9. The summed E-state index contributed by atoms with van der Waals surface area (Å²) in [6.45, 7) is 4.84. The maximum absolute atomic E-state index is 13.1. The third kappa shape index (κ3) is 3.71. The SMILES string of the molecule is CCOC(=O)c1c(C)[nH]c(C)c1C(=O)COC(=O)c1c2c(nc3ccccc13)CCC2. The molecule has 2 heterocycles. The number of aromatic amines is 1. The molecule has 1 aliphatic rings. The molecule has 7 nitrogen and oxygen atoms in total. The van der Waals surface area contributed by atoms with Crippen LogP contribution in [0.15, 0.2) is 24.3 Å². The summed E-state index contributed by atoms with van der Waals surface area (Å²) in [5, 5.41) is 0.724. The molecule has 1 aliphatic carbocycles. The summed E-state index contributed by atoms with van der Waals surface area (Å²) in [5.74, 6) is -1.57. The zero-order chi connectivity index (χ0) is 22.1. The molecule has 0 aliphatic heterocycles. The lowest BCUT2D eigenvalue weighted by molar-refractivity contribution is 0.0473. The number of para-hydroxylation sites is 1. The first-order valence-corrected chi connectivity index (χ1v) is 10.4. The molecule has 2 aromatic heterocycles. The quantitative estimate of drug-likeness (QED) is 0.480. The van der Waals surface area contributed by atoms with Gasteiger partial charge in [0.1, 0.15) is 0 Å². The van der Waals surface area contributed by atoms with Crippen molar-refractivity contribution in [2.75, 3.05) is 13.2 Å². The third-order valence-corrected chi connectivity index (χ3v) is 5.59. The lowest BCUT2D eigenvalue weighted by atomic mass is 10.0. The molecule has 4 rings (SSSR count). The fourth-order valence-electron chi connectivity index (χ4n) is 4.31. The fourth-order valence-corrected chi connectivity index (χ4v) is 4.31. The Morgan fingerprint density at radius 3 is 2.45 bits per heavy atom. The fraction of sp³-hybridized carbons (Fsp3) is 0.333. The number of Topliss-reactive ketones (excluding diaryl/α,β-unsaturated/α-hetero) is 1. The molecule has 0 amide bonds. The van der Waals surface area contributed by atoms with Crippen molar-refractivity contribution >= 4 is 28.6 Å². The number of carbonyl (C=O) groups is 3. The highest BCUT2D eigenvalue weighted by molar-refractivity contribution is 6.10. The number of fused-ring (bicyclic) bond motifs is 2. The molecule has 7 heteroatoms. The molecule has 0 bridgehead atoms. The number of nitrogens with one attached hydrogen (secondary N) is 1. The molecule has 31 heavy (non-hydrogen) atoms. The second-order valence-electron chi connectivity index (χ2n) is 7.63. The van der Waals surface area contributed by atoms with E-state index in [1.54, 1.807) is 20.8 Å². The average molecular weight is 420 g/mol. The van der Waals surface area contributed by atoms with Crippen LogP contribution in [0, 0.1) is 13.8 Å². The number of rotatable bonds is 6. The topological polar surface area (TPSA) is 98.4 Å². The summed E-state index contributed by atoms with van der Waals surface area (Å²) in [6, 6.07) is 7.44. The average Bonchev–Trinajstić information content (AvgIpc) is 3.33. The maximum Gasteiger partial charge on any atom is 0.340 e. The number of ether oxygens (including phenoxy) is 2. The van der Waals surface area contributed by atoms with E-state index in [1.807, 2.05) is 24.3 Å². The standard InChI is InChI=1S/C24H24N2O5/c1-4-30-23(28)21-14(3)25-13(2)20(21)19(27)12-31-24(29)22-15-8-5-6-10-17(15)26-18-11-7-9-16(18)22/h5-6,8,10,25H,4,7,9,11-12H2,1-3H3. The molecule has 1 aromatic carbocycles. The van der Waals surface area contributed by atoms with Crippen LogP contribution in [0.2, 0.25) is 0 Å². The molecular formula is C24H24N2O5. The number of carbonyl (C=O) groups excluding carboxylic acids is 3. The van der Waals surface area contributed by atoms with Crippen molar-refractivity contribution < 1.29 is 23.9 Å². The molecule has 0 spiro atoms. The Hall–Kier alpha value is -3.48. The van der Waals surface area contributed by atoms with Crippen molar-refractivity contribution in [3.05, 3.63) is 63.6 Å². The summed E-state index contributed by atoms with van der Waals surface area (Å²) in [6.07, 6.45) is 2.52. The van der Waals surface area contributed by atoms with Gasteiger partial charge in [0.25, 0.3) is 0 Å². The van der Waals surface area contributed by atoms with Crippen LogP contribution >= 0.6 is 0 Å². The second-order valence-corrected chi connectivity index (χ2v) is 7.63. The van der Waals surface area contributed by atoms with Gasteiger partial charge >= 0.3 is 11.9 Å². The summed E-state index contributed by atoms with van der Waals surface area (Å²) in [5.41, 5.74) is 4.52. The van der Waals surface area contributed by atoms with E-state index in [2.05, 4.69) is 9.97 Å². The predicted octanol–water partition coefficient (Wildman–Crippen LogP) is 3.88. The van der Waals surface area contributed by atoms with Crippen LogP contribution in [0.25, 0.3) is 10.9 Å². The number of aromatic nitrogens is 2. The number of pyridine rings is 1. The Morgan fingerprint density at radius 1 is 0.968 bits per heavy atom. The minimum Gasteiger partial charge on any atom is -0.462 e. The molecule has 0 saturated carbocycles. The number of nitrogens with zero attached hydrogens (tertiary/aromatic N) is 1. The zero-order valence-corrected chi connectivity index (χ0v) is 17.8. The van der Waals surface area contributed by atoms with Gasteiger partial charge in [-0.15, -0.1) is 0 Å². The van der Waals surface area contributed by atoms with Gasteiger partial charge in [-0.05, 0) is 51.7 Å². The normalized spacial score (nSPS) is 12.6. The van der Waals surface area contributed by atoms with E-state index in [1.165, 1.54) is 0 Å². The molecule has 0 unspecified atom stereocenters. The van der Waals surface area contributed by atoms with Crippen molar-refractivity contribution in [3.8, 4) is 0 Å². The summed E-state index contributed by atoms with van der Waals surface area (Å²) < 4.78 is 10.5. The van der Waals surface area contributed by atoms with E-state index < -0.39 is 24.3 Å². The second kappa shape index (κ2) is 8.34. The third-order valence-electron chi connectivity index (χ3n) is 5.59. The Bertz CT molecular complexity index is 1210. The van der Waals surface area contributed by atoms with Gasteiger partial charge in [0.2, 0.25) is 5.78 Å². The molecule has 0 fully saturated rings. The van der Waals surface area contributed by atoms with Crippen LogP contribution in [0.1, 0.15) is 67.1 Å². The van der Waals surface area contributed by atoms with Gasteiger partial charge in [0.05, 0.1) is 28.8 Å². The van der Waals surface area contributed by atoms with E-state index in [4.69, 9.17) is 9.47 Å². The van der Waals surface area contributed by atoms with Crippen molar-refractivity contribution in [2.24, 2.45) is 0 Å². The highest BCUT2D eigenvalue weighted by Gasteiger charge is 2.28. The summed E-state index contributed by atoms with van der Waals surface area (Å²) >= 11 is 0. The molecule has 160 valence electrons. The van der Waals surface area contributed by atoms with Gasteiger partial charge in [0.15, 0.2) is 6.61 Å². The van der Waals surface area contributed by atoms with E-state index in [9.17, 15) is 14.4 Å². The van der Waals surface area contributed by atoms with Gasteiger partial charge in [-0.25, -0.2) is 9.59 Å². The van der Waals surface area contributed by atoms with Gasteiger partial charge in [-0.2, -0.15) is 0 Å². The van der Waals surface area contributed by atoms with Gasteiger partial charge < -0.3 is 14.5 Å². The van der Waals surface area contributed by atoms with Gasteiger partial charge in [-0.1, -0.05) is 18.2 Å². The minimum atomic E-state index is -0.572. The van der Waals surface area contributed by atoms with Crippen LogP contribution in [-0.4, -0.2) is 40.9 Å². The Labute approximate surface area is 179 Å². The number of H-pyrrole nitrogens is 1. The van der Waals surface area contributed by atoms with E-state index in [0.717, 1.165) is 41.4 Å². The van der Waals surface area contributed by atoms with Crippen LogP contribution < -0.4 is 0 Å². The summed E-state index contributed by atoms with van der Waals surface area (Å²) in [7, 11) is 0. The van der Waals surface area contributed by atoms with E-state index in [-0.39, 0.29) is 17.7 Å². The minimum absolute atomic E-state index is 0.190. The zero-order valence-electron chi connectivity index (χ0n) is 17.8. The van der Waals surface area contributed by atoms with Crippen molar-refractivity contribution in [1.29, 1.82) is 0 Å². The lowest BCUT2D eigenvalue weighted by Crippen LogP contribution is -2.19. The molecule has 0 atom stereocenters. The highest BCUT2D eigenvalue weighted by atomic mass is 16.5. The number of hydrogen-bond acceptors (Lipinski definition) is 6. The Morgan fingerprint density at radius 2 is 1.68 bits per heavy atom. The Balaban J connectivity index is 1.61. The number of esters is 2. The predicted molar refractivity (Wildman–Crippen MR) is 115 cm³/mol. The molecule has 0 radical (unpaired) electrons. The number of ketones is 1. The van der Waals surface area contributed by atoms with Crippen LogP contribution in [0.5, 0.6) is 0 Å². The van der Waals surface area contributed by atoms with Crippen molar-refractivity contribution in [3.63, 3.8) is 0 Å².